The van der Waals surface area contributed by atoms with Gasteiger partial charge in [0.2, 0.25) is 0 Å². The van der Waals surface area contributed by atoms with E-state index in [2.05, 4.69) is 29.4 Å². The number of esters is 1. The molecule has 0 unspecified atom stereocenters. The van der Waals surface area contributed by atoms with Crippen LogP contribution in [0, 0.1) is 6.92 Å². The topological polar surface area (TPSA) is 84.1 Å². The Morgan fingerprint density at radius 2 is 1.81 bits per heavy atom. The lowest BCUT2D eigenvalue weighted by Crippen LogP contribution is -2.30. The maximum absolute atomic E-state index is 12.6. The van der Waals surface area contributed by atoms with Gasteiger partial charge < -0.3 is 10.1 Å². The maximum Gasteiger partial charge on any atom is 0.360 e. The predicted molar refractivity (Wildman–Crippen MR) is 105 cm³/mol. The zero-order chi connectivity index (χ0) is 19.6. The van der Waals surface area contributed by atoms with Gasteiger partial charge in [-0.2, -0.15) is 5.10 Å². The van der Waals surface area contributed by atoms with Gasteiger partial charge in [-0.3, -0.25) is 9.89 Å². The number of fused-ring (bicyclic) bond motifs is 1. The largest absolute Gasteiger partial charge is 0.448 e. The lowest BCUT2D eigenvalue weighted by molar-refractivity contribution is -0.123. The van der Waals surface area contributed by atoms with Gasteiger partial charge in [0.05, 0.1) is 5.52 Å². The number of nitrogens with one attached hydrogen (secondary N) is 2. The predicted octanol–water partition coefficient (Wildman–Crippen LogP) is 4.18. The Morgan fingerprint density at radius 1 is 1.07 bits per heavy atom. The second-order valence-electron chi connectivity index (χ2n) is 6.85. The third-order valence-electron chi connectivity index (χ3n) is 4.49. The first-order valence-electron chi connectivity index (χ1n) is 8.93. The number of amides is 1. The fraction of sp³-hybridized carbons (Fsp3) is 0.286. The van der Waals surface area contributed by atoms with E-state index in [1.807, 2.05) is 43.3 Å². The van der Waals surface area contributed by atoms with Crippen LogP contribution in [-0.2, 0) is 9.53 Å². The molecule has 1 aromatic heterocycles. The first-order chi connectivity index (χ1) is 12.9. The maximum atomic E-state index is 12.6. The Hall–Kier alpha value is -3.15. The third-order valence-corrected chi connectivity index (χ3v) is 4.49. The van der Waals surface area contributed by atoms with E-state index in [1.54, 1.807) is 13.0 Å². The van der Waals surface area contributed by atoms with Gasteiger partial charge in [-0.1, -0.05) is 50.2 Å². The van der Waals surface area contributed by atoms with Crippen LogP contribution in [-0.4, -0.2) is 28.2 Å². The third kappa shape index (κ3) is 3.84. The molecule has 0 saturated heterocycles. The van der Waals surface area contributed by atoms with E-state index < -0.39 is 12.1 Å². The first kappa shape index (κ1) is 18.6. The van der Waals surface area contributed by atoms with Crippen LogP contribution in [0.1, 0.15) is 48.3 Å². The molecule has 140 valence electrons. The summed E-state index contributed by atoms with van der Waals surface area (Å²) in [6.07, 6.45) is -0.951. The summed E-state index contributed by atoms with van der Waals surface area (Å²) in [4.78, 5) is 25.0. The minimum Gasteiger partial charge on any atom is -0.448 e. The molecule has 0 bridgehead atoms. The number of aromatic amines is 1. The highest BCUT2D eigenvalue weighted by atomic mass is 16.5. The molecular formula is C21H23N3O3. The molecule has 0 aliphatic rings. The minimum absolute atomic E-state index is 0.170. The highest BCUT2D eigenvalue weighted by Gasteiger charge is 2.23. The summed E-state index contributed by atoms with van der Waals surface area (Å²) in [5.41, 5.74) is 3.68. The molecule has 2 aromatic carbocycles. The van der Waals surface area contributed by atoms with Gasteiger partial charge in [0.25, 0.3) is 5.91 Å². The van der Waals surface area contributed by atoms with E-state index in [4.69, 9.17) is 4.74 Å². The molecule has 27 heavy (non-hydrogen) atoms. The number of H-pyrrole nitrogens is 1. The van der Waals surface area contributed by atoms with E-state index in [0.717, 1.165) is 22.3 Å². The van der Waals surface area contributed by atoms with Crippen LogP contribution >= 0.6 is 0 Å². The molecule has 0 aliphatic carbocycles. The first-order valence-corrected chi connectivity index (χ1v) is 8.93. The SMILES string of the molecule is Cc1cccc(C(C)C)c1NC(=O)[C@H](C)OC(=O)c1n[nH]c2ccccc12. The lowest BCUT2D eigenvalue weighted by Gasteiger charge is -2.18. The molecule has 6 heteroatoms. The Morgan fingerprint density at radius 3 is 2.56 bits per heavy atom. The standard InChI is InChI=1S/C21H23N3O3/c1-12(2)15-10-7-8-13(3)18(15)22-20(25)14(4)27-21(26)19-16-9-5-6-11-17(16)23-24-19/h5-12,14H,1-4H3,(H,22,25)(H,23,24)/t14-/m0/s1. The minimum atomic E-state index is -0.951. The van der Waals surface area contributed by atoms with Crippen molar-refractivity contribution in [1.82, 2.24) is 10.2 Å². The van der Waals surface area contributed by atoms with Crippen molar-refractivity contribution in [2.75, 3.05) is 5.32 Å². The molecule has 1 atom stereocenters. The molecule has 0 spiro atoms. The normalized spacial score (nSPS) is 12.2. The molecule has 0 aliphatic heterocycles. The Balaban J connectivity index is 1.74. The van der Waals surface area contributed by atoms with Crippen LogP contribution in [0.4, 0.5) is 5.69 Å². The van der Waals surface area contributed by atoms with Gasteiger partial charge >= 0.3 is 5.97 Å². The molecule has 3 aromatic rings. The number of para-hydroxylation sites is 2. The van der Waals surface area contributed by atoms with E-state index in [-0.39, 0.29) is 17.5 Å². The average Bonchev–Trinajstić information content (AvgIpc) is 3.07. The molecule has 0 saturated carbocycles. The second kappa shape index (κ2) is 7.61. The van der Waals surface area contributed by atoms with Crippen LogP contribution in [0.25, 0.3) is 10.9 Å². The van der Waals surface area contributed by atoms with Crippen molar-refractivity contribution >= 4 is 28.5 Å². The van der Waals surface area contributed by atoms with E-state index >= 15 is 0 Å². The van der Waals surface area contributed by atoms with Crippen molar-refractivity contribution in [3.05, 3.63) is 59.3 Å². The molecule has 6 nitrogen and oxygen atoms in total. The Labute approximate surface area is 157 Å². The van der Waals surface area contributed by atoms with E-state index in [0.29, 0.717) is 5.39 Å². The summed E-state index contributed by atoms with van der Waals surface area (Å²) in [5.74, 6) is -0.753. The van der Waals surface area contributed by atoms with Gasteiger partial charge in [0.15, 0.2) is 11.8 Å². The smallest absolute Gasteiger partial charge is 0.360 e. The number of nitrogens with zero attached hydrogens (tertiary/aromatic N) is 1. The summed E-state index contributed by atoms with van der Waals surface area (Å²) < 4.78 is 5.34. The highest BCUT2D eigenvalue weighted by Crippen LogP contribution is 2.27. The Bertz CT molecular complexity index is 991. The van der Waals surface area contributed by atoms with Gasteiger partial charge in [-0.05, 0) is 37.0 Å². The fourth-order valence-electron chi connectivity index (χ4n) is 2.96. The van der Waals surface area contributed by atoms with Crippen LogP contribution in [0.5, 0.6) is 0 Å². The number of ether oxygens (including phenoxy) is 1. The quantitative estimate of drug-likeness (QED) is 0.664. The zero-order valence-corrected chi connectivity index (χ0v) is 15.9. The number of benzene rings is 2. The van der Waals surface area contributed by atoms with Crippen molar-refractivity contribution in [2.45, 2.75) is 39.7 Å². The highest BCUT2D eigenvalue weighted by molar-refractivity contribution is 6.03. The summed E-state index contributed by atoms with van der Waals surface area (Å²) in [6, 6.07) is 13.2. The van der Waals surface area contributed by atoms with Gasteiger partial charge in [0, 0.05) is 11.1 Å². The van der Waals surface area contributed by atoms with E-state index in [9.17, 15) is 9.59 Å². The summed E-state index contributed by atoms with van der Waals surface area (Å²) in [6.45, 7) is 7.62. The van der Waals surface area contributed by atoms with Crippen LogP contribution in [0.2, 0.25) is 0 Å². The van der Waals surface area contributed by atoms with Gasteiger partial charge in [-0.15, -0.1) is 0 Å². The lowest BCUT2D eigenvalue weighted by atomic mass is 9.98. The van der Waals surface area contributed by atoms with Crippen LogP contribution in [0.15, 0.2) is 42.5 Å². The zero-order valence-electron chi connectivity index (χ0n) is 15.9. The number of hydrogen-bond donors (Lipinski definition) is 2. The number of aryl methyl sites for hydroxylation is 1. The summed E-state index contributed by atoms with van der Waals surface area (Å²) >= 11 is 0. The molecule has 1 heterocycles. The summed E-state index contributed by atoms with van der Waals surface area (Å²) in [7, 11) is 0. The molecular weight excluding hydrogens is 342 g/mol. The number of hydrogen-bond acceptors (Lipinski definition) is 4. The number of aromatic nitrogens is 2. The Kier molecular flexibility index (Phi) is 5.26. The number of carbonyl (C=O) groups is 2. The molecule has 0 fully saturated rings. The molecule has 3 rings (SSSR count). The molecule has 2 N–H and O–H groups in total. The van der Waals surface area contributed by atoms with Crippen LogP contribution in [0.3, 0.4) is 0 Å². The number of anilines is 1. The van der Waals surface area contributed by atoms with Gasteiger partial charge in [-0.25, -0.2) is 4.79 Å². The molecule has 0 radical (unpaired) electrons. The van der Waals surface area contributed by atoms with Crippen molar-refractivity contribution in [1.29, 1.82) is 0 Å². The number of rotatable bonds is 5. The average molecular weight is 365 g/mol. The van der Waals surface area contributed by atoms with Gasteiger partial charge in [0.1, 0.15) is 0 Å². The second-order valence-corrected chi connectivity index (χ2v) is 6.85. The van der Waals surface area contributed by atoms with Crippen molar-refractivity contribution in [3.8, 4) is 0 Å². The van der Waals surface area contributed by atoms with Crippen molar-refractivity contribution < 1.29 is 14.3 Å². The van der Waals surface area contributed by atoms with E-state index in [1.165, 1.54) is 0 Å². The number of carbonyl (C=O) groups excluding carboxylic acids is 2. The summed E-state index contributed by atoms with van der Waals surface area (Å²) in [5, 5.41) is 10.4. The van der Waals surface area contributed by atoms with Crippen LogP contribution < -0.4 is 5.32 Å². The van der Waals surface area contributed by atoms with Crippen molar-refractivity contribution in [2.24, 2.45) is 0 Å². The molecule has 1 amide bonds. The van der Waals surface area contributed by atoms with Crippen molar-refractivity contribution in [3.63, 3.8) is 0 Å². The monoisotopic (exact) mass is 365 g/mol. The fourth-order valence-corrected chi connectivity index (χ4v) is 2.96.